The lowest BCUT2D eigenvalue weighted by atomic mass is 10.2. The largest absolute Gasteiger partial charge is 0.508 e. The number of hydrogen-bond acceptors (Lipinski definition) is 3. The van der Waals surface area contributed by atoms with E-state index in [9.17, 15) is 0 Å². The zero-order valence-electron chi connectivity index (χ0n) is 6.37. The van der Waals surface area contributed by atoms with E-state index in [0.717, 1.165) is 5.56 Å². The second-order valence-corrected chi connectivity index (χ2v) is 2.26. The van der Waals surface area contributed by atoms with Crippen LogP contribution in [0.1, 0.15) is 5.56 Å². The molecule has 1 aromatic rings. The molecule has 0 bridgehead atoms. The number of aromatic hydroxyl groups is 1. The average Bonchev–Trinajstić information content (AvgIpc) is 1.98. The van der Waals surface area contributed by atoms with Crippen LogP contribution in [0, 0.1) is 6.92 Å². The number of nitrogens with two attached hydrogens (primary N) is 1. The maximum Gasteiger partial charge on any atom is 0.137 e. The first-order valence-corrected chi connectivity index (χ1v) is 3.36. The van der Waals surface area contributed by atoms with E-state index in [2.05, 4.69) is 0 Å². The van der Waals surface area contributed by atoms with Gasteiger partial charge in [-0.05, 0) is 30.7 Å². The first kappa shape index (κ1) is 7.88. The molecule has 0 aliphatic carbocycles. The molecule has 3 N–H and O–H groups in total. The zero-order chi connectivity index (χ0) is 8.27. The fourth-order valence-electron chi connectivity index (χ4n) is 0.814. The summed E-state index contributed by atoms with van der Waals surface area (Å²) >= 11 is 0. The normalized spacial score (nSPS) is 9.64. The van der Waals surface area contributed by atoms with Crippen molar-refractivity contribution in [3.05, 3.63) is 23.8 Å². The fraction of sp³-hybridized carbons (Fsp3) is 0.250. The van der Waals surface area contributed by atoms with Crippen LogP contribution >= 0.6 is 0 Å². The molecule has 3 heteroatoms. The molecule has 1 aromatic carbocycles. The van der Waals surface area contributed by atoms with Gasteiger partial charge in [-0.1, -0.05) is 0 Å². The Bertz CT molecular complexity index is 248. The molecule has 1 rings (SSSR count). The summed E-state index contributed by atoms with van der Waals surface area (Å²) < 4.78 is 5.01. The Balaban J connectivity index is 2.86. The number of hydrogen-bond donors (Lipinski definition) is 2. The minimum absolute atomic E-state index is 0.157. The van der Waals surface area contributed by atoms with Gasteiger partial charge in [0.2, 0.25) is 0 Å². The third-order valence-electron chi connectivity index (χ3n) is 1.42. The summed E-state index contributed by atoms with van der Waals surface area (Å²) in [5, 5.41) is 9.13. The van der Waals surface area contributed by atoms with Gasteiger partial charge in [-0.2, -0.15) is 0 Å². The average molecular weight is 153 g/mol. The molecule has 3 nitrogen and oxygen atoms in total. The van der Waals surface area contributed by atoms with Crippen molar-refractivity contribution in [3.8, 4) is 11.5 Å². The first-order valence-electron chi connectivity index (χ1n) is 3.36. The highest BCUT2D eigenvalue weighted by Gasteiger charge is 1.96. The van der Waals surface area contributed by atoms with Crippen molar-refractivity contribution >= 4 is 0 Å². The molecule has 11 heavy (non-hydrogen) atoms. The maximum absolute atomic E-state index is 9.13. The van der Waals surface area contributed by atoms with Gasteiger partial charge in [0.15, 0.2) is 0 Å². The number of rotatable bonds is 2. The molecule has 0 aliphatic rings. The Labute approximate surface area is 65.4 Å². The summed E-state index contributed by atoms with van der Waals surface area (Å²) in [5.41, 5.74) is 5.95. The Hall–Kier alpha value is -1.22. The molecule has 0 radical (unpaired) electrons. The van der Waals surface area contributed by atoms with E-state index in [1.54, 1.807) is 25.1 Å². The Morgan fingerprint density at radius 1 is 1.55 bits per heavy atom. The van der Waals surface area contributed by atoms with Crippen LogP contribution in [0.5, 0.6) is 11.5 Å². The van der Waals surface area contributed by atoms with Crippen molar-refractivity contribution < 1.29 is 9.84 Å². The molecule has 0 saturated carbocycles. The second kappa shape index (κ2) is 3.25. The third-order valence-corrected chi connectivity index (χ3v) is 1.42. The lowest BCUT2D eigenvalue weighted by Gasteiger charge is -2.03. The standard InChI is InChI=1S/C8H11NO2/c1-6-4-7(11-5-9)2-3-8(6)10/h2-4,10H,5,9H2,1H3. The minimum Gasteiger partial charge on any atom is -0.508 e. The van der Waals surface area contributed by atoms with Crippen molar-refractivity contribution in [1.29, 1.82) is 0 Å². The molecule has 0 spiro atoms. The van der Waals surface area contributed by atoms with Crippen molar-refractivity contribution in [2.24, 2.45) is 5.73 Å². The molecule has 0 amide bonds. The molecule has 0 unspecified atom stereocenters. The van der Waals surface area contributed by atoms with Crippen LogP contribution < -0.4 is 10.5 Å². The van der Waals surface area contributed by atoms with Crippen molar-refractivity contribution in [2.75, 3.05) is 6.73 Å². The topological polar surface area (TPSA) is 55.5 Å². The molecule has 0 atom stereocenters. The van der Waals surface area contributed by atoms with Gasteiger partial charge in [0.1, 0.15) is 18.2 Å². The molecule has 0 heterocycles. The summed E-state index contributed by atoms with van der Waals surface area (Å²) in [7, 11) is 0. The fourth-order valence-corrected chi connectivity index (χ4v) is 0.814. The van der Waals surface area contributed by atoms with Gasteiger partial charge in [0.05, 0.1) is 0 Å². The summed E-state index contributed by atoms with van der Waals surface area (Å²) in [4.78, 5) is 0. The van der Waals surface area contributed by atoms with Crippen LogP contribution in [0.25, 0.3) is 0 Å². The Kier molecular flexibility index (Phi) is 2.33. The van der Waals surface area contributed by atoms with Crippen molar-refractivity contribution in [2.45, 2.75) is 6.92 Å². The van der Waals surface area contributed by atoms with E-state index >= 15 is 0 Å². The molecule has 0 aliphatic heterocycles. The van der Waals surface area contributed by atoms with E-state index < -0.39 is 0 Å². The van der Waals surface area contributed by atoms with E-state index in [1.807, 2.05) is 0 Å². The number of phenolic OH excluding ortho intramolecular Hbond substituents is 1. The van der Waals surface area contributed by atoms with E-state index in [4.69, 9.17) is 15.6 Å². The van der Waals surface area contributed by atoms with Gasteiger partial charge in [0.25, 0.3) is 0 Å². The molecule has 0 aromatic heterocycles. The molecule has 60 valence electrons. The van der Waals surface area contributed by atoms with Gasteiger partial charge in [0, 0.05) is 0 Å². The van der Waals surface area contributed by atoms with E-state index in [-0.39, 0.29) is 12.5 Å². The molecular weight excluding hydrogens is 142 g/mol. The molecular formula is C8H11NO2. The lowest BCUT2D eigenvalue weighted by molar-refractivity contribution is 0.328. The monoisotopic (exact) mass is 153 g/mol. The van der Waals surface area contributed by atoms with E-state index in [1.165, 1.54) is 0 Å². The second-order valence-electron chi connectivity index (χ2n) is 2.26. The third kappa shape index (κ3) is 1.85. The quantitative estimate of drug-likeness (QED) is 0.623. The highest BCUT2D eigenvalue weighted by atomic mass is 16.5. The summed E-state index contributed by atoms with van der Waals surface area (Å²) in [5.74, 6) is 0.956. The van der Waals surface area contributed by atoms with Gasteiger partial charge < -0.3 is 9.84 Å². The number of aryl methyl sites for hydroxylation is 1. The zero-order valence-corrected chi connectivity index (χ0v) is 6.37. The minimum atomic E-state index is 0.157. The summed E-state index contributed by atoms with van der Waals surface area (Å²) in [6, 6.07) is 5.00. The SMILES string of the molecule is Cc1cc(OCN)ccc1O. The number of ether oxygens (including phenoxy) is 1. The molecule has 0 saturated heterocycles. The highest BCUT2D eigenvalue weighted by molar-refractivity contribution is 5.38. The Morgan fingerprint density at radius 3 is 2.82 bits per heavy atom. The van der Waals surface area contributed by atoms with Crippen molar-refractivity contribution in [1.82, 2.24) is 0 Å². The van der Waals surface area contributed by atoms with E-state index in [0.29, 0.717) is 5.75 Å². The van der Waals surface area contributed by atoms with Crippen LogP contribution in [0.15, 0.2) is 18.2 Å². The summed E-state index contributed by atoms with van der Waals surface area (Å²) in [6.45, 7) is 1.96. The lowest BCUT2D eigenvalue weighted by Crippen LogP contribution is -2.07. The Morgan fingerprint density at radius 2 is 2.27 bits per heavy atom. The van der Waals surface area contributed by atoms with Crippen LogP contribution in [0.3, 0.4) is 0 Å². The maximum atomic E-state index is 9.13. The van der Waals surface area contributed by atoms with Gasteiger partial charge in [-0.25, -0.2) is 0 Å². The van der Waals surface area contributed by atoms with Gasteiger partial charge >= 0.3 is 0 Å². The van der Waals surface area contributed by atoms with Crippen LogP contribution in [-0.4, -0.2) is 11.8 Å². The van der Waals surface area contributed by atoms with Crippen LogP contribution in [-0.2, 0) is 0 Å². The number of benzene rings is 1. The molecule has 0 fully saturated rings. The van der Waals surface area contributed by atoms with Crippen molar-refractivity contribution in [3.63, 3.8) is 0 Å². The van der Waals surface area contributed by atoms with Crippen LogP contribution in [0.4, 0.5) is 0 Å². The number of phenols is 1. The predicted molar refractivity (Wildman–Crippen MR) is 42.5 cm³/mol. The van der Waals surface area contributed by atoms with Gasteiger partial charge in [-0.3, -0.25) is 5.73 Å². The predicted octanol–water partition coefficient (Wildman–Crippen LogP) is 0.996. The first-order chi connectivity index (χ1) is 5.24. The van der Waals surface area contributed by atoms with Crippen LogP contribution in [0.2, 0.25) is 0 Å². The highest BCUT2D eigenvalue weighted by Crippen LogP contribution is 2.21. The van der Waals surface area contributed by atoms with Gasteiger partial charge in [-0.15, -0.1) is 0 Å². The summed E-state index contributed by atoms with van der Waals surface area (Å²) in [6.07, 6.45) is 0. The smallest absolute Gasteiger partial charge is 0.137 e.